The van der Waals surface area contributed by atoms with Crippen molar-refractivity contribution in [3.8, 4) is 0 Å². The van der Waals surface area contributed by atoms with Gasteiger partial charge in [0.2, 0.25) is 0 Å². The molecule has 0 saturated carbocycles. The summed E-state index contributed by atoms with van der Waals surface area (Å²) in [5, 5.41) is 4.83. The lowest BCUT2D eigenvalue weighted by Crippen LogP contribution is -2.44. The van der Waals surface area contributed by atoms with Crippen LogP contribution >= 0.6 is 0 Å². The molecule has 1 fully saturated rings. The summed E-state index contributed by atoms with van der Waals surface area (Å²) in [6.45, 7) is 3.60. The second-order valence-electron chi connectivity index (χ2n) is 4.21. The third-order valence-electron chi connectivity index (χ3n) is 3.14. The van der Waals surface area contributed by atoms with Crippen molar-refractivity contribution in [1.82, 2.24) is 10.3 Å². The molecule has 2 aromatic rings. The van der Waals surface area contributed by atoms with Gasteiger partial charge in [-0.2, -0.15) is 0 Å². The van der Waals surface area contributed by atoms with Gasteiger partial charge >= 0.3 is 0 Å². The number of nitrogens with one attached hydrogen (secondary N) is 1. The van der Waals surface area contributed by atoms with E-state index >= 15 is 0 Å². The van der Waals surface area contributed by atoms with Crippen LogP contribution in [0.15, 0.2) is 30.5 Å². The van der Waals surface area contributed by atoms with Gasteiger partial charge < -0.3 is 10.2 Å². The molecule has 0 unspecified atom stereocenters. The molecule has 1 N–H and O–H groups in total. The van der Waals surface area contributed by atoms with Crippen LogP contribution in [0.3, 0.4) is 0 Å². The fourth-order valence-electron chi connectivity index (χ4n) is 2.28. The van der Waals surface area contributed by atoms with Gasteiger partial charge in [-0.3, -0.25) is 0 Å². The molecule has 1 aliphatic rings. The molecule has 0 radical (unpaired) electrons. The maximum absolute atomic E-state index is 13.9. The van der Waals surface area contributed by atoms with Crippen molar-refractivity contribution in [1.29, 1.82) is 0 Å². The summed E-state index contributed by atoms with van der Waals surface area (Å²) in [5.41, 5.74) is 0. The highest BCUT2D eigenvalue weighted by Gasteiger charge is 2.16. The van der Waals surface area contributed by atoms with E-state index in [1.807, 2.05) is 12.1 Å². The van der Waals surface area contributed by atoms with Crippen molar-refractivity contribution in [3.05, 3.63) is 36.3 Å². The topological polar surface area (TPSA) is 28.2 Å². The highest BCUT2D eigenvalue weighted by atomic mass is 19.1. The van der Waals surface area contributed by atoms with E-state index in [2.05, 4.69) is 15.2 Å². The van der Waals surface area contributed by atoms with Crippen molar-refractivity contribution < 1.29 is 4.39 Å². The summed E-state index contributed by atoms with van der Waals surface area (Å²) in [5.74, 6) is 0.575. The first kappa shape index (κ1) is 10.5. The molecule has 4 heteroatoms. The zero-order valence-electron chi connectivity index (χ0n) is 9.49. The summed E-state index contributed by atoms with van der Waals surface area (Å²) < 4.78 is 13.9. The number of halogens is 1. The van der Waals surface area contributed by atoms with Gasteiger partial charge in [0.15, 0.2) is 0 Å². The number of pyridine rings is 1. The lowest BCUT2D eigenvalue weighted by Gasteiger charge is -2.29. The molecular weight excluding hydrogens is 217 g/mol. The van der Waals surface area contributed by atoms with E-state index in [0.717, 1.165) is 37.4 Å². The normalized spacial score (nSPS) is 16.4. The predicted molar refractivity (Wildman–Crippen MR) is 66.8 cm³/mol. The average Bonchev–Trinajstić information content (AvgIpc) is 2.39. The number of anilines is 1. The number of hydrogen-bond donors (Lipinski definition) is 1. The molecule has 17 heavy (non-hydrogen) atoms. The SMILES string of the molecule is Fc1cccc2ccnc(N3CCNCC3)c12. The minimum absolute atomic E-state index is 0.191. The first-order valence-corrected chi connectivity index (χ1v) is 5.85. The summed E-state index contributed by atoms with van der Waals surface area (Å²) in [4.78, 5) is 6.49. The van der Waals surface area contributed by atoms with Gasteiger partial charge in [-0.25, -0.2) is 9.37 Å². The van der Waals surface area contributed by atoms with Crippen molar-refractivity contribution >= 4 is 16.6 Å². The zero-order valence-corrected chi connectivity index (χ0v) is 9.49. The quantitative estimate of drug-likeness (QED) is 0.811. The van der Waals surface area contributed by atoms with Crippen LogP contribution in [0.5, 0.6) is 0 Å². The van der Waals surface area contributed by atoms with Gasteiger partial charge in [-0.15, -0.1) is 0 Å². The van der Waals surface area contributed by atoms with Crippen LogP contribution < -0.4 is 10.2 Å². The molecule has 1 aromatic carbocycles. The number of fused-ring (bicyclic) bond motifs is 1. The molecule has 0 atom stereocenters. The van der Waals surface area contributed by atoms with Crippen LogP contribution in [0.2, 0.25) is 0 Å². The van der Waals surface area contributed by atoms with Gasteiger partial charge in [0.05, 0.1) is 5.39 Å². The van der Waals surface area contributed by atoms with E-state index in [1.165, 1.54) is 6.07 Å². The first-order valence-electron chi connectivity index (χ1n) is 5.85. The largest absolute Gasteiger partial charge is 0.353 e. The third kappa shape index (κ3) is 1.85. The van der Waals surface area contributed by atoms with Crippen molar-refractivity contribution in [2.24, 2.45) is 0 Å². The maximum atomic E-state index is 13.9. The second kappa shape index (κ2) is 4.30. The summed E-state index contributed by atoms with van der Waals surface area (Å²) >= 11 is 0. The number of hydrogen-bond acceptors (Lipinski definition) is 3. The van der Waals surface area contributed by atoms with Gasteiger partial charge in [-0.1, -0.05) is 12.1 Å². The van der Waals surface area contributed by atoms with Crippen LogP contribution in [-0.2, 0) is 0 Å². The van der Waals surface area contributed by atoms with Gasteiger partial charge in [-0.05, 0) is 17.5 Å². The molecular formula is C13H14FN3. The number of aromatic nitrogens is 1. The summed E-state index contributed by atoms with van der Waals surface area (Å²) in [6.07, 6.45) is 1.75. The summed E-state index contributed by atoms with van der Waals surface area (Å²) in [6, 6.07) is 7.00. The smallest absolute Gasteiger partial charge is 0.139 e. The highest BCUT2D eigenvalue weighted by Crippen LogP contribution is 2.26. The third-order valence-corrected chi connectivity index (χ3v) is 3.14. The van der Waals surface area contributed by atoms with Crippen LogP contribution in [0.4, 0.5) is 10.2 Å². The van der Waals surface area contributed by atoms with E-state index in [4.69, 9.17) is 0 Å². The molecule has 0 spiro atoms. The molecule has 0 aliphatic carbocycles. The number of rotatable bonds is 1. The molecule has 3 nitrogen and oxygen atoms in total. The van der Waals surface area contributed by atoms with Gasteiger partial charge in [0.1, 0.15) is 11.6 Å². The first-order chi connectivity index (χ1) is 8.36. The van der Waals surface area contributed by atoms with Crippen LogP contribution in [-0.4, -0.2) is 31.2 Å². The lowest BCUT2D eigenvalue weighted by molar-refractivity contribution is 0.584. The molecule has 1 aliphatic heterocycles. The second-order valence-corrected chi connectivity index (χ2v) is 4.21. The fraction of sp³-hybridized carbons (Fsp3) is 0.308. The van der Waals surface area contributed by atoms with E-state index in [-0.39, 0.29) is 5.82 Å². The molecule has 1 aromatic heterocycles. The fourth-order valence-corrected chi connectivity index (χ4v) is 2.28. The molecule has 1 saturated heterocycles. The van der Waals surface area contributed by atoms with E-state index < -0.39 is 0 Å². The van der Waals surface area contributed by atoms with Crippen molar-refractivity contribution in [3.63, 3.8) is 0 Å². The molecule has 0 amide bonds. The van der Waals surface area contributed by atoms with Crippen molar-refractivity contribution in [2.75, 3.05) is 31.1 Å². The minimum Gasteiger partial charge on any atom is -0.353 e. The number of piperazine rings is 1. The van der Waals surface area contributed by atoms with E-state index in [0.29, 0.717) is 5.39 Å². The Morgan fingerprint density at radius 3 is 2.82 bits per heavy atom. The Labute approximate surface area is 99.3 Å². The average molecular weight is 231 g/mol. The Morgan fingerprint density at radius 1 is 1.18 bits per heavy atom. The van der Waals surface area contributed by atoms with E-state index in [1.54, 1.807) is 12.3 Å². The Morgan fingerprint density at radius 2 is 2.00 bits per heavy atom. The molecule has 2 heterocycles. The van der Waals surface area contributed by atoms with Crippen LogP contribution in [0.1, 0.15) is 0 Å². The maximum Gasteiger partial charge on any atom is 0.139 e. The number of benzene rings is 1. The highest BCUT2D eigenvalue weighted by molar-refractivity contribution is 5.92. The Hall–Kier alpha value is -1.68. The Kier molecular flexibility index (Phi) is 2.65. The minimum atomic E-state index is -0.191. The monoisotopic (exact) mass is 231 g/mol. The molecule has 88 valence electrons. The molecule has 0 bridgehead atoms. The van der Waals surface area contributed by atoms with Crippen LogP contribution in [0, 0.1) is 5.82 Å². The summed E-state index contributed by atoms with van der Waals surface area (Å²) in [7, 11) is 0. The van der Waals surface area contributed by atoms with E-state index in [9.17, 15) is 4.39 Å². The standard InChI is InChI=1S/C13H14FN3/c14-11-3-1-2-10-4-5-16-13(12(10)11)17-8-6-15-7-9-17/h1-5,15H,6-9H2. The van der Waals surface area contributed by atoms with Gasteiger partial charge in [0, 0.05) is 32.4 Å². The predicted octanol–water partition coefficient (Wildman–Crippen LogP) is 1.78. The molecule has 3 rings (SSSR count). The lowest BCUT2D eigenvalue weighted by atomic mass is 10.1. The van der Waals surface area contributed by atoms with Crippen molar-refractivity contribution in [2.45, 2.75) is 0 Å². The Balaban J connectivity index is 2.14. The number of nitrogens with zero attached hydrogens (tertiary/aromatic N) is 2. The van der Waals surface area contributed by atoms with Gasteiger partial charge in [0.25, 0.3) is 0 Å². The Bertz CT molecular complexity index is 530. The van der Waals surface area contributed by atoms with Crippen LogP contribution in [0.25, 0.3) is 10.8 Å². The zero-order chi connectivity index (χ0) is 11.7.